The van der Waals surface area contributed by atoms with Crippen LogP contribution in [0.3, 0.4) is 0 Å². The first-order valence-electron chi connectivity index (χ1n) is 8.52. The zero-order valence-corrected chi connectivity index (χ0v) is 15.3. The number of hydroxylamine groups is 1. The van der Waals surface area contributed by atoms with Gasteiger partial charge < -0.3 is 5.73 Å². The van der Waals surface area contributed by atoms with Crippen LogP contribution in [0.1, 0.15) is 30.9 Å². The number of nitrogens with zero attached hydrogens (tertiary/aromatic N) is 2. The molecule has 0 amide bonds. The monoisotopic (exact) mass is 377 g/mol. The molecule has 4 nitrogen and oxygen atoms in total. The molecule has 1 aliphatic rings. The third kappa shape index (κ3) is 3.60. The second-order valence-electron chi connectivity index (χ2n) is 5.86. The Kier molecular flexibility index (Phi) is 5.90. The molecular formula is C19H21F2N3OS. The number of hydrazone groups is 1. The highest BCUT2D eigenvalue weighted by Crippen LogP contribution is 2.50. The number of halogens is 2. The highest BCUT2D eigenvalue weighted by atomic mass is 32.2. The molecule has 0 fully saturated rings. The van der Waals surface area contributed by atoms with Crippen LogP contribution in [-0.4, -0.2) is 23.4 Å². The van der Waals surface area contributed by atoms with Crippen LogP contribution in [0, 0.1) is 11.6 Å². The van der Waals surface area contributed by atoms with E-state index in [9.17, 15) is 8.78 Å². The summed E-state index contributed by atoms with van der Waals surface area (Å²) in [5, 5.41) is 6.38. The molecule has 2 aromatic rings. The maximum atomic E-state index is 14.3. The third-order valence-corrected chi connectivity index (χ3v) is 5.54. The average molecular weight is 377 g/mol. The Morgan fingerprint density at radius 3 is 2.65 bits per heavy atom. The zero-order valence-electron chi connectivity index (χ0n) is 14.5. The Morgan fingerprint density at radius 2 is 1.96 bits per heavy atom. The smallest absolute Gasteiger partial charge is 0.162 e. The highest BCUT2D eigenvalue weighted by molar-refractivity contribution is 8.15. The first-order valence-corrected chi connectivity index (χ1v) is 9.34. The quantitative estimate of drug-likeness (QED) is 0.785. The SMILES string of the molecule is CCON1N=C(c2cc(F)ccc2F)SC1(CCCN)c1ccccc1. The lowest BCUT2D eigenvalue weighted by Crippen LogP contribution is -2.38. The maximum absolute atomic E-state index is 14.3. The van der Waals surface area contributed by atoms with Crippen LogP contribution in [0.25, 0.3) is 0 Å². The second kappa shape index (κ2) is 8.16. The van der Waals surface area contributed by atoms with Crippen molar-refractivity contribution in [3.63, 3.8) is 0 Å². The summed E-state index contributed by atoms with van der Waals surface area (Å²) in [5.74, 6) is -1.02. The minimum atomic E-state index is -0.676. The van der Waals surface area contributed by atoms with E-state index >= 15 is 0 Å². The first-order chi connectivity index (χ1) is 12.6. The van der Waals surface area contributed by atoms with Crippen LogP contribution in [0.15, 0.2) is 53.6 Å². The number of thioether (sulfide) groups is 1. The van der Waals surface area contributed by atoms with E-state index in [1.165, 1.54) is 16.9 Å². The molecule has 1 atom stereocenters. The molecule has 0 aliphatic carbocycles. The molecule has 0 bridgehead atoms. The molecule has 0 radical (unpaired) electrons. The van der Waals surface area contributed by atoms with E-state index in [0.717, 1.165) is 30.2 Å². The lowest BCUT2D eigenvalue weighted by Gasteiger charge is -2.35. The Labute approximate surface area is 156 Å². The van der Waals surface area contributed by atoms with Crippen LogP contribution in [-0.2, 0) is 9.71 Å². The molecule has 2 aromatic carbocycles. The van der Waals surface area contributed by atoms with Gasteiger partial charge in [-0.05, 0) is 50.1 Å². The van der Waals surface area contributed by atoms with Crippen molar-refractivity contribution in [2.24, 2.45) is 10.8 Å². The van der Waals surface area contributed by atoms with Gasteiger partial charge in [0.25, 0.3) is 0 Å². The minimum absolute atomic E-state index is 0.130. The maximum Gasteiger partial charge on any atom is 0.162 e. The van der Waals surface area contributed by atoms with Gasteiger partial charge >= 0.3 is 0 Å². The average Bonchev–Trinajstić information content (AvgIpc) is 3.02. The Balaban J connectivity index is 2.06. The van der Waals surface area contributed by atoms with E-state index in [4.69, 9.17) is 10.6 Å². The fourth-order valence-corrected chi connectivity index (χ4v) is 4.28. The molecule has 0 saturated carbocycles. The van der Waals surface area contributed by atoms with Gasteiger partial charge in [0.05, 0.1) is 6.61 Å². The van der Waals surface area contributed by atoms with E-state index < -0.39 is 16.5 Å². The molecule has 1 unspecified atom stereocenters. The standard InChI is InChI=1S/C19H21F2N3OS/c1-2-25-24-19(11-6-12-22,14-7-4-3-5-8-14)26-18(23-24)16-13-15(20)9-10-17(16)21/h3-5,7-10,13H,2,6,11-12,22H2,1H3. The molecule has 1 aliphatic heterocycles. The predicted molar refractivity (Wildman–Crippen MR) is 100 cm³/mol. The van der Waals surface area contributed by atoms with Crippen LogP contribution < -0.4 is 5.73 Å². The van der Waals surface area contributed by atoms with Crippen LogP contribution in [0.4, 0.5) is 8.78 Å². The van der Waals surface area contributed by atoms with Crippen LogP contribution >= 0.6 is 11.8 Å². The second-order valence-corrected chi connectivity index (χ2v) is 7.13. The summed E-state index contributed by atoms with van der Waals surface area (Å²) in [6.07, 6.45) is 1.39. The lowest BCUT2D eigenvalue weighted by atomic mass is 10.0. The molecule has 138 valence electrons. The van der Waals surface area contributed by atoms with Crippen molar-refractivity contribution < 1.29 is 13.6 Å². The summed E-state index contributed by atoms with van der Waals surface area (Å²) in [7, 11) is 0. The summed E-state index contributed by atoms with van der Waals surface area (Å²) < 4.78 is 28.0. The van der Waals surface area contributed by atoms with Gasteiger partial charge in [0.2, 0.25) is 0 Å². The summed E-state index contributed by atoms with van der Waals surface area (Å²) in [6.45, 7) is 2.78. The van der Waals surface area contributed by atoms with E-state index in [1.807, 2.05) is 37.3 Å². The molecule has 7 heteroatoms. The number of hydrogen-bond acceptors (Lipinski definition) is 5. The van der Waals surface area contributed by atoms with Gasteiger partial charge in [0, 0.05) is 5.56 Å². The van der Waals surface area contributed by atoms with Crippen molar-refractivity contribution in [1.29, 1.82) is 0 Å². The Bertz CT molecular complexity index is 788. The van der Waals surface area contributed by atoms with Crippen molar-refractivity contribution >= 4 is 16.8 Å². The fourth-order valence-electron chi connectivity index (χ4n) is 2.91. The highest BCUT2D eigenvalue weighted by Gasteiger charge is 2.46. The summed E-state index contributed by atoms with van der Waals surface area (Å²) >= 11 is 1.36. The molecule has 0 aromatic heterocycles. The number of hydrogen-bond donors (Lipinski definition) is 1. The van der Waals surface area contributed by atoms with E-state index in [0.29, 0.717) is 24.6 Å². The Hall–Kier alpha value is -1.96. The van der Waals surface area contributed by atoms with Gasteiger partial charge in [0.1, 0.15) is 16.7 Å². The first kappa shape index (κ1) is 18.8. The molecule has 0 saturated heterocycles. The molecular weight excluding hydrogens is 356 g/mol. The molecule has 3 rings (SSSR count). The minimum Gasteiger partial charge on any atom is -0.330 e. The van der Waals surface area contributed by atoms with Gasteiger partial charge in [-0.25, -0.2) is 8.78 Å². The fraction of sp³-hybridized carbons (Fsp3) is 0.316. The molecule has 1 heterocycles. The van der Waals surface area contributed by atoms with Gasteiger partial charge in [-0.3, -0.25) is 4.84 Å². The lowest BCUT2D eigenvalue weighted by molar-refractivity contribution is -0.195. The normalized spacial score (nSPS) is 19.7. The predicted octanol–water partition coefficient (Wildman–Crippen LogP) is 4.22. The van der Waals surface area contributed by atoms with Crippen molar-refractivity contribution in [3.8, 4) is 0 Å². The van der Waals surface area contributed by atoms with Gasteiger partial charge in [-0.2, -0.15) is 5.17 Å². The summed E-state index contributed by atoms with van der Waals surface area (Å²) in [4.78, 5) is 5.08. The zero-order chi connectivity index (χ0) is 18.6. The number of benzene rings is 2. The largest absolute Gasteiger partial charge is 0.330 e. The van der Waals surface area contributed by atoms with Crippen molar-refractivity contribution in [3.05, 3.63) is 71.3 Å². The van der Waals surface area contributed by atoms with Crippen LogP contribution in [0.2, 0.25) is 0 Å². The summed E-state index contributed by atoms with van der Waals surface area (Å²) in [5.41, 5.74) is 6.84. The number of nitrogens with two attached hydrogens (primary N) is 1. The van der Waals surface area contributed by atoms with Gasteiger partial charge in [0.15, 0.2) is 4.87 Å². The van der Waals surface area contributed by atoms with Crippen molar-refractivity contribution in [1.82, 2.24) is 5.17 Å². The van der Waals surface area contributed by atoms with Crippen molar-refractivity contribution in [2.45, 2.75) is 24.6 Å². The van der Waals surface area contributed by atoms with Crippen molar-refractivity contribution in [2.75, 3.05) is 13.2 Å². The molecule has 26 heavy (non-hydrogen) atoms. The van der Waals surface area contributed by atoms with Crippen LogP contribution in [0.5, 0.6) is 0 Å². The van der Waals surface area contributed by atoms with Gasteiger partial charge in [-0.1, -0.05) is 42.1 Å². The van der Waals surface area contributed by atoms with E-state index in [1.54, 1.807) is 0 Å². The topological polar surface area (TPSA) is 50.8 Å². The van der Waals surface area contributed by atoms with Gasteiger partial charge in [-0.15, -0.1) is 5.10 Å². The van der Waals surface area contributed by atoms with E-state index in [-0.39, 0.29) is 5.56 Å². The summed E-state index contributed by atoms with van der Waals surface area (Å²) in [6, 6.07) is 13.1. The molecule has 0 spiro atoms. The number of rotatable bonds is 7. The molecule has 2 N–H and O–H groups in total. The van der Waals surface area contributed by atoms with E-state index in [2.05, 4.69) is 5.10 Å². The Morgan fingerprint density at radius 1 is 1.19 bits per heavy atom. The third-order valence-electron chi connectivity index (χ3n) is 4.11.